The Hall–Kier alpha value is -3.30. The number of anilines is 1. The summed E-state index contributed by atoms with van der Waals surface area (Å²) in [5, 5.41) is 16.0. The van der Waals surface area contributed by atoms with Crippen molar-refractivity contribution in [1.29, 1.82) is 0 Å². The summed E-state index contributed by atoms with van der Waals surface area (Å²) in [6, 6.07) is 5.21. The number of pyridine rings is 1. The van der Waals surface area contributed by atoms with E-state index in [0.717, 1.165) is 52.3 Å². The largest absolute Gasteiger partial charge is 0.452 e. The maximum Gasteiger partial charge on any atom is 0.177 e. The maximum absolute atomic E-state index is 14.8. The summed E-state index contributed by atoms with van der Waals surface area (Å²) in [5.74, 6) is 0.267. The Morgan fingerprint density at radius 2 is 2.00 bits per heavy atom. The Morgan fingerprint density at radius 1 is 1.16 bits per heavy atom. The fourth-order valence-corrected chi connectivity index (χ4v) is 5.32. The first-order chi connectivity index (χ1) is 15.6. The molecule has 1 aromatic carbocycles. The smallest absolute Gasteiger partial charge is 0.177 e. The molecule has 0 radical (unpaired) electrons. The van der Waals surface area contributed by atoms with Crippen LogP contribution < -0.4 is 5.73 Å². The second kappa shape index (κ2) is 7.39. The van der Waals surface area contributed by atoms with Gasteiger partial charge < -0.3 is 15.3 Å². The molecule has 7 nitrogen and oxygen atoms in total. The lowest BCUT2D eigenvalue weighted by Crippen LogP contribution is -2.21. The van der Waals surface area contributed by atoms with E-state index in [1.807, 2.05) is 16.9 Å². The second-order valence-corrected chi connectivity index (χ2v) is 9.05. The molecule has 5 aromatic rings. The summed E-state index contributed by atoms with van der Waals surface area (Å²) in [7, 11) is 0. The zero-order valence-electron chi connectivity index (χ0n) is 17.0. The number of nitrogen functional groups attached to an aromatic ring is 1. The predicted molar refractivity (Wildman–Crippen MR) is 122 cm³/mol. The average molecular weight is 450 g/mol. The van der Waals surface area contributed by atoms with Gasteiger partial charge >= 0.3 is 0 Å². The van der Waals surface area contributed by atoms with E-state index in [1.54, 1.807) is 24.7 Å². The van der Waals surface area contributed by atoms with Gasteiger partial charge in [-0.25, -0.2) is 9.37 Å². The summed E-state index contributed by atoms with van der Waals surface area (Å²) in [6.45, 7) is 0. The van der Waals surface area contributed by atoms with Crippen LogP contribution in [0, 0.1) is 5.82 Å². The number of fused-ring (bicyclic) bond motifs is 2. The van der Waals surface area contributed by atoms with Gasteiger partial charge in [0.25, 0.3) is 0 Å². The third kappa shape index (κ3) is 3.08. The van der Waals surface area contributed by atoms with Gasteiger partial charge in [-0.15, -0.1) is 0 Å². The monoisotopic (exact) mass is 449 g/mol. The number of nitrogens with zero attached hydrogens (tertiary/aromatic N) is 4. The molecule has 0 atom stereocenters. The SMILES string of the molecule is Nc1ncc(-c2cnn(C3CCC(O)CC3)c2)c2cc(-c3c(F)ccc4cnsc34)oc12. The Kier molecular flexibility index (Phi) is 4.48. The Balaban J connectivity index is 1.46. The minimum absolute atomic E-state index is 0.213. The maximum atomic E-state index is 14.8. The Labute approximate surface area is 186 Å². The molecule has 32 heavy (non-hydrogen) atoms. The highest BCUT2D eigenvalue weighted by molar-refractivity contribution is 7.13. The number of halogens is 1. The lowest BCUT2D eigenvalue weighted by molar-refractivity contribution is 0.108. The first-order valence-electron chi connectivity index (χ1n) is 10.5. The lowest BCUT2D eigenvalue weighted by atomic mass is 9.93. The normalized spacial score (nSPS) is 19.2. The minimum atomic E-state index is -0.374. The van der Waals surface area contributed by atoms with Gasteiger partial charge in [-0.2, -0.15) is 9.47 Å². The van der Waals surface area contributed by atoms with Crippen molar-refractivity contribution in [2.75, 3.05) is 5.73 Å². The van der Waals surface area contributed by atoms with Gasteiger partial charge in [0, 0.05) is 40.5 Å². The molecule has 1 fully saturated rings. The quantitative estimate of drug-likeness (QED) is 0.394. The molecule has 162 valence electrons. The van der Waals surface area contributed by atoms with Crippen LogP contribution in [0.3, 0.4) is 0 Å². The van der Waals surface area contributed by atoms with Crippen molar-refractivity contribution >= 4 is 38.4 Å². The molecule has 1 aliphatic rings. The molecular weight excluding hydrogens is 429 g/mol. The van der Waals surface area contributed by atoms with E-state index >= 15 is 0 Å². The van der Waals surface area contributed by atoms with E-state index in [1.165, 1.54) is 17.6 Å². The number of benzene rings is 1. The van der Waals surface area contributed by atoms with E-state index in [9.17, 15) is 9.50 Å². The van der Waals surface area contributed by atoms with Crippen LogP contribution in [0.5, 0.6) is 0 Å². The third-order valence-corrected chi connectivity index (χ3v) is 7.09. The number of nitrogens with two attached hydrogens (primary N) is 1. The summed E-state index contributed by atoms with van der Waals surface area (Å²) in [4.78, 5) is 4.31. The topological polar surface area (TPSA) is 103 Å². The highest BCUT2D eigenvalue weighted by Crippen LogP contribution is 2.41. The summed E-state index contributed by atoms with van der Waals surface area (Å²) in [6.07, 6.45) is 10.4. The number of furan rings is 1. The van der Waals surface area contributed by atoms with E-state index in [-0.39, 0.29) is 23.8 Å². The van der Waals surface area contributed by atoms with Crippen molar-refractivity contribution < 1.29 is 13.9 Å². The van der Waals surface area contributed by atoms with Crippen molar-refractivity contribution in [1.82, 2.24) is 19.1 Å². The van der Waals surface area contributed by atoms with Gasteiger partial charge in [0.2, 0.25) is 0 Å². The number of hydrogen-bond acceptors (Lipinski definition) is 7. The highest BCUT2D eigenvalue weighted by Gasteiger charge is 2.23. The molecule has 0 unspecified atom stereocenters. The van der Waals surface area contributed by atoms with Crippen molar-refractivity contribution in [3.8, 4) is 22.5 Å². The molecule has 0 saturated heterocycles. The predicted octanol–water partition coefficient (Wildman–Crippen LogP) is 5.17. The zero-order chi connectivity index (χ0) is 21.8. The fourth-order valence-electron chi connectivity index (χ4n) is 4.54. The number of rotatable bonds is 3. The van der Waals surface area contributed by atoms with Crippen LogP contribution in [-0.2, 0) is 0 Å². The first kappa shape index (κ1) is 19.4. The standard InChI is InChI=1S/C23H20FN5O2S/c24-18-6-1-12-9-28-32-22(12)20(18)19-7-16-17(10-26-23(25)21(16)31-19)13-8-27-29(11-13)14-2-4-15(30)5-3-14/h1,6-11,14-15,30H,2-5H2,(H2,25,26). The molecule has 0 aliphatic heterocycles. The summed E-state index contributed by atoms with van der Waals surface area (Å²) in [5.41, 5.74) is 8.62. The molecule has 6 rings (SSSR count). The fraction of sp³-hybridized carbons (Fsp3) is 0.261. The third-order valence-electron chi connectivity index (χ3n) is 6.26. The number of aliphatic hydroxyl groups excluding tert-OH is 1. The van der Waals surface area contributed by atoms with Crippen molar-refractivity contribution in [2.24, 2.45) is 0 Å². The number of aromatic nitrogens is 4. The van der Waals surface area contributed by atoms with Gasteiger partial charge in [0.15, 0.2) is 11.4 Å². The molecule has 0 bridgehead atoms. The van der Waals surface area contributed by atoms with E-state index < -0.39 is 0 Å². The second-order valence-electron chi connectivity index (χ2n) is 8.25. The van der Waals surface area contributed by atoms with Gasteiger partial charge in [0.05, 0.1) is 28.6 Å². The Bertz CT molecular complexity index is 1450. The van der Waals surface area contributed by atoms with Crippen molar-refractivity contribution in [3.63, 3.8) is 0 Å². The van der Waals surface area contributed by atoms with E-state index in [2.05, 4.69) is 14.5 Å². The molecule has 4 aromatic heterocycles. The lowest BCUT2D eigenvalue weighted by Gasteiger charge is -2.25. The highest BCUT2D eigenvalue weighted by atomic mass is 32.1. The van der Waals surface area contributed by atoms with Crippen LogP contribution in [0.25, 0.3) is 43.5 Å². The van der Waals surface area contributed by atoms with E-state index in [4.69, 9.17) is 10.2 Å². The molecule has 1 saturated carbocycles. The van der Waals surface area contributed by atoms with Gasteiger partial charge in [0.1, 0.15) is 11.6 Å². The molecule has 0 amide bonds. The van der Waals surface area contributed by atoms with Gasteiger partial charge in [-0.3, -0.25) is 4.68 Å². The molecule has 1 aliphatic carbocycles. The van der Waals surface area contributed by atoms with Crippen LogP contribution in [0.15, 0.2) is 47.4 Å². The average Bonchev–Trinajstić information content (AvgIpc) is 3.54. The molecular formula is C23H20FN5O2S. The van der Waals surface area contributed by atoms with Crippen molar-refractivity contribution in [3.05, 3.63) is 48.8 Å². The molecule has 4 heterocycles. The summed E-state index contributed by atoms with van der Waals surface area (Å²) < 4.78 is 27.7. The van der Waals surface area contributed by atoms with Crippen LogP contribution in [0.1, 0.15) is 31.7 Å². The summed E-state index contributed by atoms with van der Waals surface area (Å²) >= 11 is 1.23. The van der Waals surface area contributed by atoms with Crippen molar-refractivity contribution in [2.45, 2.75) is 37.8 Å². The van der Waals surface area contributed by atoms with Gasteiger partial charge in [-0.05, 0) is 55.4 Å². The van der Waals surface area contributed by atoms with Crippen LogP contribution in [0.4, 0.5) is 10.2 Å². The molecule has 9 heteroatoms. The number of hydrogen-bond donors (Lipinski definition) is 2. The first-order valence-corrected chi connectivity index (χ1v) is 11.3. The van der Waals surface area contributed by atoms with Crippen LogP contribution >= 0.6 is 11.5 Å². The zero-order valence-corrected chi connectivity index (χ0v) is 17.8. The van der Waals surface area contributed by atoms with Crippen LogP contribution in [-0.4, -0.2) is 30.3 Å². The molecule has 0 spiro atoms. The van der Waals surface area contributed by atoms with Crippen LogP contribution in [0.2, 0.25) is 0 Å². The molecule has 3 N–H and O–H groups in total. The van der Waals surface area contributed by atoms with E-state index in [0.29, 0.717) is 16.9 Å². The Morgan fingerprint density at radius 3 is 2.84 bits per heavy atom. The van der Waals surface area contributed by atoms with Gasteiger partial charge in [-0.1, -0.05) is 0 Å². The number of aliphatic hydroxyl groups is 1. The minimum Gasteiger partial charge on any atom is -0.452 e.